The summed E-state index contributed by atoms with van der Waals surface area (Å²) in [5.41, 5.74) is 1.46. The maximum absolute atomic E-state index is 12.0. The third-order valence-electron chi connectivity index (χ3n) is 2.97. The molecule has 0 saturated carbocycles. The Morgan fingerprint density at radius 2 is 1.87 bits per heavy atom. The molecule has 118 valence electrons. The number of nitrogens with zero attached hydrogens (tertiary/aromatic N) is 1. The van der Waals surface area contributed by atoms with E-state index in [4.69, 9.17) is 34.4 Å². The van der Waals surface area contributed by atoms with E-state index in [1.807, 2.05) is 24.3 Å². The molecule has 23 heavy (non-hydrogen) atoms. The number of terminal acetylenes is 1. The van der Waals surface area contributed by atoms with Crippen LogP contribution in [0.2, 0.25) is 10.3 Å². The average molecular weight is 349 g/mol. The van der Waals surface area contributed by atoms with Gasteiger partial charge in [0.25, 0.3) is 5.91 Å². The molecule has 1 heterocycles. The molecular weight excluding hydrogens is 335 g/mol. The van der Waals surface area contributed by atoms with Crippen LogP contribution in [0.1, 0.15) is 15.9 Å². The van der Waals surface area contributed by atoms with Crippen LogP contribution in [0, 0.1) is 12.3 Å². The minimum absolute atomic E-state index is 0.185. The van der Waals surface area contributed by atoms with Crippen LogP contribution >= 0.6 is 23.2 Å². The van der Waals surface area contributed by atoms with E-state index in [-0.39, 0.29) is 22.8 Å². The third-order valence-corrected chi connectivity index (χ3v) is 3.36. The Bertz CT molecular complexity index is 704. The molecule has 0 saturated heterocycles. The normalized spacial score (nSPS) is 9.96. The zero-order chi connectivity index (χ0) is 16.7. The summed E-state index contributed by atoms with van der Waals surface area (Å²) < 4.78 is 5.30. The molecular formula is C17H14Cl2N2O2. The first-order valence-corrected chi connectivity index (χ1v) is 7.60. The second-order valence-corrected chi connectivity index (χ2v) is 5.42. The molecule has 0 aliphatic rings. The summed E-state index contributed by atoms with van der Waals surface area (Å²) >= 11 is 11.6. The van der Waals surface area contributed by atoms with Gasteiger partial charge in [0, 0.05) is 12.1 Å². The predicted molar refractivity (Wildman–Crippen MR) is 91.1 cm³/mol. The first-order chi connectivity index (χ1) is 11.1. The topological polar surface area (TPSA) is 51.2 Å². The molecule has 0 aliphatic heterocycles. The molecule has 2 rings (SSSR count). The molecule has 1 amide bonds. The fraction of sp³-hybridized carbons (Fsp3) is 0.176. The molecule has 0 atom stereocenters. The zero-order valence-corrected chi connectivity index (χ0v) is 13.7. The Labute approximate surface area is 144 Å². The van der Waals surface area contributed by atoms with Crippen LogP contribution in [0.15, 0.2) is 36.4 Å². The third kappa shape index (κ3) is 5.48. The fourth-order valence-electron chi connectivity index (χ4n) is 1.90. The molecule has 6 heteroatoms. The van der Waals surface area contributed by atoms with Crippen molar-refractivity contribution in [2.45, 2.75) is 6.42 Å². The second kappa shape index (κ2) is 8.42. The summed E-state index contributed by atoms with van der Waals surface area (Å²) in [5.74, 6) is 2.88. The summed E-state index contributed by atoms with van der Waals surface area (Å²) in [7, 11) is 0. The fourth-order valence-corrected chi connectivity index (χ4v) is 2.36. The van der Waals surface area contributed by atoms with E-state index in [1.165, 1.54) is 12.1 Å². The van der Waals surface area contributed by atoms with E-state index in [1.54, 1.807) is 0 Å². The van der Waals surface area contributed by atoms with E-state index in [0.717, 1.165) is 11.3 Å². The molecule has 0 spiro atoms. The highest BCUT2D eigenvalue weighted by molar-refractivity contribution is 6.33. The molecule has 1 aromatic heterocycles. The number of halogens is 2. The highest BCUT2D eigenvalue weighted by atomic mass is 35.5. The number of hydrogen-bond acceptors (Lipinski definition) is 3. The molecule has 4 nitrogen and oxygen atoms in total. The van der Waals surface area contributed by atoms with E-state index in [9.17, 15) is 4.79 Å². The Hall–Kier alpha value is -2.22. The lowest BCUT2D eigenvalue weighted by atomic mass is 10.1. The Morgan fingerprint density at radius 1 is 1.22 bits per heavy atom. The maximum Gasteiger partial charge on any atom is 0.251 e. The monoisotopic (exact) mass is 348 g/mol. The van der Waals surface area contributed by atoms with Crippen molar-refractivity contribution < 1.29 is 9.53 Å². The highest BCUT2D eigenvalue weighted by Gasteiger charge is 2.08. The van der Waals surface area contributed by atoms with Crippen molar-refractivity contribution in [1.29, 1.82) is 0 Å². The molecule has 0 bridgehead atoms. The van der Waals surface area contributed by atoms with Crippen molar-refractivity contribution in [2.24, 2.45) is 0 Å². The van der Waals surface area contributed by atoms with Gasteiger partial charge in [0.05, 0.1) is 0 Å². The summed E-state index contributed by atoms with van der Waals surface area (Å²) in [4.78, 5) is 15.8. The first-order valence-electron chi connectivity index (χ1n) is 6.85. The predicted octanol–water partition coefficient (Wildman–Crippen LogP) is 3.37. The van der Waals surface area contributed by atoms with Crippen molar-refractivity contribution in [2.75, 3.05) is 13.2 Å². The summed E-state index contributed by atoms with van der Waals surface area (Å²) in [6.45, 7) is 0.730. The zero-order valence-electron chi connectivity index (χ0n) is 12.2. The number of hydrogen-bond donors (Lipinski definition) is 1. The van der Waals surface area contributed by atoms with Gasteiger partial charge < -0.3 is 10.1 Å². The lowest BCUT2D eigenvalue weighted by molar-refractivity contribution is 0.0954. The van der Waals surface area contributed by atoms with E-state index in [2.05, 4.69) is 16.2 Å². The molecule has 2 aromatic rings. The molecule has 1 N–H and O–H groups in total. The van der Waals surface area contributed by atoms with Gasteiger partial charge in [0.1, 0.15) is 22.7 Å². The molecule has 0 aliphatic carbocycles. The van der Waals surface area contributed by atoms with Crippen molar-refractivity contribution in [3.05, 3.63) is 57.8 Å². The minimum atomic E-state index is -0.245. The SMILES string of the molecule is C#CCOc1ccc(CCNC(=O)c2cc(Cl)nc(Cl)c2)cc1. The standard InChI is InChI=1S/C17H14Cl2N2O2/c1-2-9-23-14-5-3-12(4-6-14)7-8-20-17(22)13-10-15(18)21-16(19)11-13/h1,3-6,10-11H,7-9H2,(H,20,22). The number of aromatic nitrogens is 1. The summed E-state index contributed by atoms with van der Waals surface area (Å²) in [6, 6.07) is 10.5. The first kappa shape index (κ1) is 17.1. The molecule has 1 aromatic carbocycles. The maximum atomic E-state index is 12.0. The van der Waals surface area contributed by atoms with Gasteiger partial charge in [-0.05, 0) is 36.2 Å². The van der Waals surface area contributed by atoms with E-state index in [0.29, 0.717) is 18.5 Å². The van der Waals surface area contributed by atoms with Gasteiger partial charge in [-0.25, -0.2) is 4.98 Å². The lowest BCUT2D eigenvalue weighted by Gasteiger charge is -2.07. The Morgan fingerprint density at radius 3 is 2.48 bits per heavy atom. The Kier molecular flexibility index (Phi) is 6.28. The van der Waals surface area contributed by atoms with Crippen LogP contribution in [0.5, 0.6) is 5.75 Å². The molecule has 0 fully saturated rings. The van der Waals surface area contributed by atoms with Gasteiger partial charge in [0.15, 0.2) is 0 Å². The minimum Gasteiger partial charge on any atom is -0.481 e. The number of carbonyl (C=O) groups is 1. The highest BCUT2D eigenvalue weighted by Crippen LogP contribution is 2.15. The average Bonchev–Trinajstić information content (AvgIpc) is 2.53. The summed E-state index contributed by atoms with van der Waals surface area (Å²) in [5, 5.41) is 3.18. The second-order valence-electron chi connectivity index (χ2n) is 4.64. The smallest absolute Gasteiger partial charge is 0.251 e. The van der Waals surface area contributed by atoms with E-state index < -0.39 is 0 Å². The lowest BCUT2D eigenvalue weighted by Crippen LogP contribution is -2.25. The summed E-state index contributed by atoms with van der Waals surface area (Å²) in [6.07, 6.45) is 5.82. The van der Waals surface area contributed by atoms with Crippen LogP contribution in [0.3, 0.4) is 0 Å². The molecule has 0 unspecified atom stereocenters. The number of carbonyl (C=O) groups excluding carboxylic acids is 1. The number of amides is 1. The van der Waals surface area contributed by atoms with Crippen molar-refractivity contribution in [1.82, 2.24) is 10.3 Å². The van der Waals surface area contributed by atoms with Gasteiger partial charge in [-0.2, -0.15) is 0 Å². The van der Waals surface area contributed by atoms with Crippen LogP contribution < -0.4 is 10.1 Å². The van der Waals surface area contributed by atoms with Crippen molar-refractivity contribution in [3.63, 3.8) is 0 Å². The van der Waals surface area contributed by atoms with Crippen LogP contribution in [0.4, 0.5) is 0 Å². The van der Waals surface area contributed by atoms with Gasteiger partial charge in [-0.15, -0.1) is 6.42 Å². The Balaban J connectivity index is 1.84. The van der Waals surface area contributed by atoms with Crippen molar-refractivity contribution >= 4 is 29.1 Å². The van der Waals surface area contributed by atoms with Crippen LogP contribution in [-0.4, -0.2) is 24.0 Å². The van der Waals surface area contributed by atoms with E-state index >= 15 is 0 Å². The quantitative estimate of drug-likeness (QED) is 0.643. The number of nitrogens with one attached hydrogen (secondary N) is 1. The van der Waals surface area contributed by atoms with Gasteiger partial charge in [-0.3, -0.25) is 4.79 Å². The number of pyridine rings is 1. The molecule has 0 radical (unpaired) electrons. The van der Waals surface area contributed by atoms with Crippen molar-refractivity contribution in [3.8, 4) is 18.1 Å². The number of benzene rings is 1. The van der Waals surface area contributed by atoms with Gasteiger partial charge in [-0.1, -0.05) is 41.3 Å². The number of ether oxygens (including phenoxy) is 1. The van der Waals surface area contributed by atoms with Crippen LogP contribution in [-0.2, 0) is 6.42 Å². The van der Waals surface area contributed by atoms with Gasteiger partial charge >= 0.3 is 0 Å². The van der Waals surface area contributed by atoms with Gasteiger partial charge in [0.2, 0.25) is 0 Å². The van der Waals surface area contributed by atoms with Crippen LogP contribution in [0.25, 0.3) is 0 Å². The largest absolute Gasteiger partial charge is 0.481 e. The number of rotatable bonds is 6.